The Kier molecular flexibility index (Phi) is 21.9. The van der Waals surface area contributed by atoms with Crippen LogP contribution in [0.5, 0.6) is 0 Å². The van der Waals surface area contributed by atoms with E-state index in [0.29, 0.717) is 0 Å². The van der Waals surface area contributed by atoms with Crippen LogP contribution in [0.3, 0.4) is 0 Å². The summed E-state index contributed by atoms with van der Waals surface area (Å²) in [5, 5.41) is 0. The van der Waals surface area contributed by atoms with Gasteiger partial charge < -0.3 is 23.6 Å². The molecule has 0 bridgehead atoms. The monoisotopic (exact) mass is 530 g/mol. The molecule has 5 nitrogen and oxygen atoms in total. The minimum atomic E-state index is -2.24. The van der Waals surface area contributed by atoms with E-state index in [9.17, 15) is 0 Å². The maximum atomic E-state index is 6.27. The molecule has 0 N–H and O–H groups in total. The first-order chi connectivity index (χ1) is 17.4. The molecular formula is C30H67N3O2Si. The molecule has 218 valence electrons. The van der Waals surface area contributed by atoms with Gasteiger partial charge in [-0.3, -0.25) is 0 Å². The van der Waals surface area contributed by atoms with Crippen LogP contribution < -0.4 is 0 Å². The molecule has 0 spiro atoms. The third kappa shape index (κ3) is 14.2. The highest BCUT2D eigenvalue weighted by Crippen LogP contribution is 2.42. The van der Waals surface area contributed by atoms with Crippen LogP contribution >= 0.6 is 0 Å². The summed E-state index contributed by atoms with van der Waals surface area (Å²) < 4.78 is 12.5. The molecule has 0 aromatic heterocycles. The lowest BCUT2D eigenvalue weighted by Crippen LogP contribution is -2.48. The van der Waals surface area contributed by atoms with E-state index in [1.165, 1.54) is 117 Å². The molecule has 0 heterocycles. The summed E-state index contributed by atoms with van der Waals surface area (Å²) in [6.45, 7) is 27.1. The first-order valence-corrected chi connectivity index (χ1v) is 17.9. The summed E-state index contributed by atoms with van der Waals surface area (Å²) in [6.07, 6.45) is 11.2. The first-order valence-electron chi connectivity index (χ1n) is 15.6. The second kappa shape index (κ2) is 21.9. The Labute approximate surface area is 228 Å². The van der Waals surface area contributed by atoms with Gasteiger partial charge >= 0.3 is 8.56 Å². The summed E-state index contributed by atoms with van der Waals surface area (Å²) in [6, 6.07) is 2.14. The van der Waals surface area contributed by atoms with E-state index in [4.69, 9.17) is 8.85 Å². The van der Waals surface area contributed by atoms with Crippen molar-refractivity contribution in [1.29, 1.82) is 0 Å². The largest absolute Gasteiger partial charge is 0.398 e. The van der Waals surface area contributed by atoms with Crippen LogP contribution in [0.4, 0.5) is 0 Å². The van der Waals surface area contributed by atoms with Gasteiger partial charge in [-0.15, -0.1) is 0 Å². The third-order valence-electron chi connectivity index (χ3n) is 8.04. The van der Waals surface area contributed by atoms with Gasteiger partial charge in [0.15, 0.2) is 0 Å². The molecule has 0 saturated carbocycles. The molecule has 0 atom stereocenters. The lowest BCUT2D eigenvalue weighted by Gasteiger charge is -2.43. The van der Waals surface area contributed by atoms with Gasteiger partial charge in [0.2, 0.25) is 0 Å². The Hall–Kier alpha value is 0.0169. The van der Waals surface area contributed by atoms with Crippen LogP contribution in [0.1, 0.15) is 106 Å². The van der Waals surface area contributed by atoms with Crippen LogP contribution in [0.2, 0.25) is 12.1 Å². The fraction of sp³-hybridized carbons (Fsp3) is 1.00. The summed E-state index contributed by atoms with van der Waals surface area (Å²) in [7, 11) is 1.58. The third-order valence-corrected chi connectivity index (χ3v) is 11.9. The number of hydrogen-bond donors (Lipinski definition) is 0. The standard InChI is InChI=1S/C30H67N3O2Si/c1-10-20-31(21-11-2)26-17-30(29-36(16-7,34-8)35-9,18-27-32(22-12-3)23-13-4)19-28-33(24-14-5)25-15-6/h10-29H2,1-9H3. The van der Waals surface area contributed by atoms with Crippen LogP contribution in [-0.4, -0.2) is 96.4 Å². The van der Waals surface area contributed by atoms with Crippen LogP contribution in [0.15, 0.2) is 0 Å². The summed E-state index contributed by atoms with van der Waals surface area (Å²) in [4.78, 5) is 8.15. The molecule has 0 rings (SSSR count). The Bertz CT molecular complexity index is 414. The van der Waals surface area contributed by atoms with E-state index in [-0.39, 0.29) is 5.41 Å². The number of nitrogens with zero attached hydrogens (tertiary/aromatic N) is 3. The van der Waals surface area contributed by atoms with Crippen molar-refractivity contribution in [3.05, 3.63) is 0 Å². The topological polar surface area (TPSA) is 28.2 Å². The molecular weight excluding hydrogens is 462 g/mol. The zero-order valence-corrected chi connectivity index (χ0v) is 27.3. The second-order valence-corrected chi connectivity index (χ2v) is 14.8. The minimum absolute atomic E-state index is 0.257. The zero-order valence-electron chi connectivity index (χ0n) is 26.3. The van der Waals surface area contributed by atoms with Crippen molar-refractivity contribution >= 4 is 8.56 Å². The van der Waals surface area contributed by atoms with Gasteiger partial charge in [-0.25, -0.2) is 0 Å². The Morgan fingerprint density at radius 3 is 0.944 bits per heavy atom. The fourth-order valence-electron chi connectivity index (χ4n) is 5.94. The van der Waals surface area contributed by atoms with Crippen molar-refractivity contribution in [3.63, 3.8) is 0 Å². The maximum Gasteiger partial charge on any atom is 0.337 e. The van der Waals surface area contributed by atoms with Crippen LogP contribution in [-0.2, 0) is 8.85 Å². The Morgan fingerprint density at radius 1 is 0.472 bits per heavy atom. The quantitative estimate of drug-likeness (QED) is 0.110. The SMILES string of the molecule is CCCN(CCC)CCC(CCN(CCC)CCC)(CCN(CCC)CCC)C[Si](CC)(OC)OC. The molecule has 0 aromatic carbocycles. The molecule has 0 aliphatic carbocycles. The number of hydrogen-bond acceptors (Lipinski definition) is 5. The van der Waals surface area contributed by atoms with Crippen molar-refractivity contribution in [2.75, 3.05) is 73.1 Å². The van der Waals surface area contributed by atoms with Gasteiger partial charge in [-0.1, -0.05) is 48.5 Å². The molecule has 0 fully saturated rings. The highest BCUT2D eigenvalue weighted by molar-refractivity contribution is 6.67. The summed E-state index contributed by atoms with van der Waals surface area (Å²) in [5.74, 6) is 0. The summed E-state index contributed by atoms with van der Waals surface area (Å²) >= 11 is 0. The molecule has 0 saturated heterocycles. The predicted octanol–water partition coefficient (Wildman–Crippen LogP) is 7.26. The molecule has 0 aliphatic rings. The molecule has 6 heteroatoms. The van der Waals surface area contributed by atoms with E-state index < -0.39 is 8.56 Å². The van der Waals surface area contributed by atoms with Crippen molar-refractivity contribution in [3.8, 4) is 0 Å². The minimum Gasteiger partial charge on any atom is -0.398 e. The average molecular weight is 530 g/mol. The zero-order chi connectivity index (χ0) is 27.3. The van der Waals surface area contributed by atoms with Gasteiger partial charge in [0, 0.05) is 14.2 Å². The van der Waals surface area contributed by atoms with Crippen LogP contribution in [0.25, 0.3) is 0 Å². The van der Waals surface area contributed by atoms with E-state index in [0.717, 1.165) is 12.1 Å². The molecule has 0 aliphatic heterocycles. The molecule has 0 unspecified atom stereocenters. The molecule has 0 amide bonds. The van der Waals surface area contributed by atoms with Gasteiger partial charge in [-0.05, 0) is 134 Å². The van der Waals surface area contributed by atoms with Gasteiger partial charge in [-0.2, -0.15) is 0 Å². The Morgan fingerprint density at radius 2 is 0.750 bits per heavy atom. The van der Waals surface area contributed by atoms with Gasteiger partial charge in [0.05, 0.1) is 0 Å². The van der Waals surface area contributed by atoms with Crippen molar-refractivity contribution in [2.45, 2.75) is 118 Å². The Balaban J connectivity index is 6.15. The van der Waals surface area contributed by atoms with Crippen molar-refractivity contribution < 1.29 is 8.85 Å². The molecule has 0 radical (unpaired) electrons. The first kappa shape index (κ1) is 36.0. The van der Waals surface area contributed by atoms with E-state index in [1.807, 2.05) is 14.2 Å². The highest BCUT2D eigenvalue weighted by atomic mass is 28.4. The van der Waals surface area contributed by atoms with Crippen molar-refractivity contribution in [2.24, 2.45) is 5.41 Å². The van der Waals surface area contributed by atoms with E-state index in [1.54, 1.807) is 0 Å². The van der Waals surface area contributed by atoms with Gasteiger partial charge in [0.25, 0.3) is 0 Å². The second-order valence-electron chi connectivity index (χ2n) is 11.1. The maximum absolute atomic E-state index is 6.27. The van der Waals surface area contributed by atoms with E-state index >= 15 is 0 Å². The lowest BCUT2D eigenvalue weighted by molar-refractivity contribution is 0.118. The lowest BCUT2D eigenvalue weighted by atomic mass is 9.79. The van der Waals surface area contributed by atoms with E-state index in [2.05, 4.69) is 63.2 Å². The number of rotatable bonds is 26. The normalized spacial score (nSPS) is 13.0. The average Bonchev–Trinajstić information content (AvgIpc) is 2.88. The molecule has 0 aromatic rings. The molecule has 36 heavy (non-hydrogen) atoms. The highest BCUT2D eigenvalue weighted by Gasteiger charge is 2.44. The smallest absolute Gasteiger partial charge is 0.337 e. The van der Waals surface area contributed by atoms with Gasteiger partial charge in [0.1, 0.15) is 0 Å². The predicted molar refractivity (Wildman–Crippen MR) is 162 cm³/mol. The van der Waals surface area contributed by atoms with Crippen molar-refractivity contribution in [1.82, 2.24) is 14.7 Å². The fourth-order valence-corrected chi connectivity index (χ4v) is 8.90. The van der Waals surface area contributed by atoms with Crippen LogP contribution in [0, 0.1) is 5.41 Å². The summed E-state index contributed by atoms with van der Waals surface area (Å²) in [5.41, 5.74) is 0.257.